The molecule has 0 saturated heterocycles. The van der Waals surface area contributed by atoms with E-state index in [0.29, 0.717) is 13.1 Å². The van der Waals surface area contributed by atoms with Crippen molar-refractivity contribution >= 4 is 10.9 Å². The minimum Gasteiger partial charge on any atom is -0.354 e. The first kappa shape index (κ1) is 21.0. The molecule has 2 aromatic heterocycles. The zero-order chi connectivity index (χ0) is 21.5. The first-order chi connectivity index (χ1) is 15.3. The third kappa shape index (κ3) is 5.08. The Labute approximate surface area is 184 Å². The number of nitrogens with zero attached hydrogens (tertiary/aromatic N) is 3. The molecule has 4 nitrogen and oxygen atoms in total. The largest absolute Gasteiger partial charge is 0.354 e. The van der Waals surface area contributed by atoms with Crippen LogP contribution in [0.1, 0.15) is 48.9 Å². The van der Waals surface area contributed by atoms with Gasteiger partial charge < -0.3 is 4.98 Å². The van der Waals surface area contributed by atoms with Crippen LogP contribution < -0.4 is 0 Å². The van der Waals surface area contributed by atoms with Crippen molar-refractivity contribution in [2.45, 2.75) is 52.6 Å². The van der Waals surface area contributed by atoms with Gasteiger partial charge in [-0.3, -0.25) is 4.98 Å². The highest BCUT2D eigenvalue weighted by atomic mass is 15.1. The van der Waals surface area contributed by atoms with Crippen LogP contribution >= 0.6 is 0 Å². The van der Waals surface area contributed by atoms with E-state index in [1.54, 1.807) is 6.20 Å². The lowest BCUT2D eigenvalue weighted by Crippen LogP contribution is -1.88. The number of azo groups is 1. The number of aromatic amines is 1. The predicted molar refractivity (Wildman–Crippen MR) is 128 cm³/mol. The molecular formula is C27H30N4. The maximum absolute atomic E-state index is 4.55. The maximum Gasteiger partial charge on any atom is 0.0876 e. The summed E-state index contributed by atoms with van der Waals surface area (Å²) in [7, 11) is 0. The smallest absolute Gasteiger partial charge is 0.0876 e. The Balaban J connectivity index is 1.67. The first-order valence-electron chi connectivity index (χ1n) is 11.2. The number of nitrogens with one attached hydrogen (secondary N) is 1. The summed E-state index contributed by atoms with van der Waals surface area (Å²) in [5.74, 6) is 0. The third-order valence-electron chi connectivity index (χ3n) is 5.75. The van der Waals surface area contributed by atoms with Gasteiger partial charge in [-0.15, -0.1) is 0 Å². The highest BCUT2D eigenvalue weighted by Gasteiger charge is 2.14. The molecule has 0 fully saturated rings. The Bertz CT molecular complexity index is 1140. The number of aromatic nitrogens is 2. The summed E-state index contributed by atoms with van der Waals surface area (Å²) < 4.78 is 0. The summed E-state index contributed by atoms with van der Waals surface area (Å²) in [5, 5.41) is 10.2. The van der Waals surface area contributed by atoms with Gasteiger partial charge in [-0.2, -0.15) is 10.2 Å². The molecular weight excluding hydrogens is 380 g/mol. The van der Waals surface area contributed by atoms with Crippen molar-refractivity contribution in [2.75, 3.05) is 0 Å². The minimum absolute atomic E-state index is 0.554. The molecule has 0 aliphatic rings. The summed E-state index contributed by atoms with van der Waals surface area (Å²) in [4.78, 5) is 7.80. The molecule has 0 bridgehead atoms. The van der Waals surface area contributed by atoms with E-state index < -0.39 is 0 Å². The van der Waals surface area contributed by atoms with Gasteiger partial charge in [0.05, 0.1) is 18.8 Å². The number of unbranched alkanes of at least 4 members (excludes halogenated alkanes) is 1. The Morgan fingerprint density at radius 2 is 1.68 bits per heavy atom. The van der Waals surface area contributed by atoms with Crippen LogP contribution in [0.5, 0.6) is 0 Å². The van der Waals surface area contributed by atoms with Crippen molar-refractivity contribution in [3.8, 4) is 11.3 Å². The fraction of sp³-hybridized carbons (Fsp3) is 0.296. The van der Waals surface area contributed by atoms with Crippen LogP contribution in [0.2, 0.25) is 0 Å². The molecule has 0 spiro atoms. The second-order valence-electron chi connectivity index (χ2n) is 7.97. The number of fused-ring (bicyclic) bond motifs is 1. The van der Waals surface area contributed by atoms with Crippen molar-refractivity contribution < 1.29 is 0 Å². The van der Waals surface area contributed by atoms with E-state index in [4.69, 9.17) is 0 Å². The second kappa shape index (κ2) is 10.2. The standard InChI is InChI=1S/C27H30N4/c1-3-5-7-21-11-14-26-24(16-21)25(19-30-29-18-22-8-6-15-28-17-22)27(31-26)23-12-9-20(4-2)10-13-23/h6,8-17,31H,3-5,7,18-19H2,1-2H3. The molecule has 31 heavy (non-hydrogen) atoms. The molecule has 0 atom stereocenters. The van der Waals surface area contributed by atoms with Gasteiger partial charge in [0.1, 0.15) is 0 Å². The van der Waals surface area contributed by atoms with Crippen molar-refractivity contribution in [1.29, 1.82) is 0 Å². The van der Waals surface area contributed by atoms with Gasteiger partial charge >= 0.3 is 0 Å². The number of pyridine rings is 1. The van der Waals surface area contributed by atoms with Crippen LogP contribution in [0.3, 0.4) is 0 Å². The molecule has 0 amide bonds. The Morgan fingerprint density at radius 1 is 0.871 bits per heavy atom. The van der Waals surface area contributed by atoms with Crippen molar-refractivity contribution in [3.05, 3.63) is 89.2 Å². The van der Waals surface area contributed by atoms with Crippen molar-refractivity contribution in [3.63, 3.8) is 0 Å². The van der Waals surface area contributed by atoms with E-state index in [9.17, 15) is 0 Å². The van der Waals surface area contributed by atoms with Gasteiger partial charge in [0.25, 0.3) is 0 Å². The summed E-state index contributed by atoms with van der Waals surface area (Å²) in [6.07, 6.45) is 8.19. The highest BCUT2D eigenvalue weighted by Crippen LogP contribution is 2.32. The number of aryl methyl sites for hydroxylation is 2. The van der Waals surface area contributed by atoms with Crippen LogP contribution in [0.4, 0.5) is 0 Å². The van der Waals surface area contributed by atoms with E-state index in [2.05, 4.69) is 76.5 Å². The summed E-state index contributed by atoms with van der Waals surface area (Å²) in [6.45, 7) is 5.53. The maximum atomic E-state index is 4.55. The number of hydrogen-bond acceptors (Lipinski definition) is 3. The van der Waals surface area contributed by atoms with E-state index in [-0.39, 0.29) is 0 Å². The number of rotatable bonds is 9. The lowest BCUT2D eigenvalue weighted by molar-refractivity contribution is 0.796. The number of H-pyrrole nitrogens is 1. The van der Waals surface area contributed by atoms with Gasteiger partial charge in [0.2, 0.25) is 0 Å². The number of benzene rings is 2. The van der Waals surface area contributed by atoms with Crippen molar-refractivity contribution in [2.24, 2.45) is 10.2 Å². The molecule has 0 radical (unpaired) electrons. The fourth-order valence-corrected chi connectivity index (χ4v) is 3.89. The van der Waals surface area contributed by atoms with E-state index in [1.165, 1.54) is 40.5 Å². The monoisotopic (exact) mass is 410 g/mol. The lowest BCUT2D eigenvalue weighted by atomic mass is 10.0. The van der Waals surface area contributed by atoms with E-state index in [0.717, 1.165) is 29.6 Å². The topological polar surface area (TPSA) is 53.4 Å². The molecule has 2 heterocycles. The Kier molecular flexibility index (Phi) is 6.88. The van der Waals surface area contributed by atoms with Crippen molar-refractivity contribution in [1.82, 2.24) is 9.97 Å². The Hall–Kier alpha value is -3.27. The molecule has 4 rings (SSSR count). The van der Waals surface area contributed by atoms with Crippen LogP contribution in [-0.2, 0) is 25.9 Å². The average molecular weight is 411 g/mol. The first-order valence-corrected chi connectivity index (χ1v) is 11.2. The van der Waals surface area contributed by atoms with Crippen LogP contribution in [0.25, 0.3) is 22.2 Å². The molecule has 1 N–H and O–H groups in total. The average Bonchev–Trinajstić information content (AvgIpc) is 3.19. The van der Waals surface area contributed by atoms with E-state index in [1.807, 2.05) is 18.3 Å². The summed E-state index contributed by atoms with van der Waals surface area (Å²) in [6, 6.07) is 19.6. The zero-order valence-corrected chi connectivity index (χ0v) is 18.4. The molecule has 158 valence electrons. The summed E-state index contributed by atoms with van der Waals surface area (Å²) in [5.41, 5.74) is 8.52. The van der Waals surface area contributed by atoms with Crippen LogP contribution in [-0.4, -0.2) is 9.97 Å². The van der Waals surface area contributed by atoms with Gasteiger partial charge in [-0.25, -0.2) is 0 Å². The lowest BCUT2D eigenvalue weighted by Gasteiger charge is -2.05. The highest BCUT2D eigenvalue weighted by molar-refractivity contribution is 5.91. The predicted octanol–water partition coefficient (Wildman–Crippen LogP) is 7.29. The van der Waals surface area contributed by atoms with Crippen LogP contribution in [0.15, 0.2) is 77.2 Å². The normalized spacial score (nSPS) is 11.5. The fourth-order valence-electron chi connectivity index (χ4n) is 3.89. The molecule has 0 unspecified atom stereocenters. The van der Waals surface area contributed by atoms with Crippen LogP contribution in [0, 0.1) is 0 Å². The quantitative estimate of drug-likeness (QED) is 0.289. The van der Waals surface area contributed by atoms with Gasteiger partial charge in [-0.1, -0.05) is 56.7 Å². The van der Waals surface area contributed by atoms with E-state index >= 15 is 0 Å². The Morgan fingerprint density at radius 3 is 2.42 bits per heavy atom. The number of hydrogen-bond donors (Lipinski definition) is 1. The molecule has 4 aromatic rings. The molecule has 0 saturated carbocycles. The SMILES string of the molecule is CCCCc1ccc2[nH]c(-c3ccc(CC)cc3)c(CN=NCc3cccnc3)c2c1. The molecule has 4 heteroatoms. The minimum atomic E-state index is 0.554. The second-order valence-corrected chi connectivity index (χ2v) is 7.97. The van der Waals surface area contributed by atoms with Gasteiger partial charge in [0, 0.05) is 28.9 Å². The van der Waals surface area contributed by atoms with Gasteiger partial charge in [0.15, 0.2) is 0 Å². The molecule has 0 aliphatic carbocycles. The summed E-state index contributed by atoms with van der Waals surface area (Å²) >= 11 is 0. The van der Waals surface area contributed by atoms with Gasteiger partial charge in [-0.05, 0) is 59.7 Å². The third-order valence-corrected chi connectivity index (χ3v) is 5.75. The molecule has 2 aromatic carbocycles. The molecule has 0 aliphatic heterocycles. The zero-order valence-electron chi connectivity index (χ0n) is 18.4.